The van der Waals surface area contributed by atoms with Crippen LogP contribution in [0.2, 0.25) is 5.02 Å². The largest absolute Gasteiger partial charge is 0.327 e. The Morgan fingerprint density at radius 2 is 2.26 bits per heavy atom. The normalized spacial score (nSPS) is 21.1. The van der Waals surface area contributed by atoms with E-state index in [0.717, 1.165) is 37.0 Å². The fourth-order valence-electron chi connectivity index (χ4n) is 3.06. The molecule has 0 spiro atoms. The summed E-state index contributed by atoms with van der Waals surface area (Å²) >= 11 is 6.29. The summed E-state index contributed by atoms with van der Waals surface area (Å²) < 4.78 is 1.83. The monoisotopic (exact) mass is 279 g/mol. The Kier molecular flexibility index (Phi) is 3.37. The summed E-state index contributed by atoms with van der Waals surface area (Å²) in [6, 6.07) is 5.61. The van der Waals surface area contributed by atoms with Gasteiger partial charge in [-0.1, -0.05) is 24.6 Å². The highest BCUT2D eigenvalue weighted by molar-refractivity contribution is 6.34. The minimum atomic E-state index is -0.0616. The highest BCUT2D eigenvalue weighted by atomic mass is 35.5. The molecular weight excluding hydrogens is 262 g/mol. The van der Waals surface area contributed by atoms with E-state index < -0.39 is 0 Å². The Morgan fingerprint density at radius 3 is 3.05 bits per heavy atom. The first-order valence-corrected chi connectivity index (χ1v) is 7.23. The minimum absolute atomic E-state index is 0.0616. The van der Waals surface area contributed by atoms with Crippen LogP contribution >= 0.6 is 11.6 Å². The molecule has 2 aromatic rings. The molecule has 102 valence electrons. The van der Waals surface area contributed by atoms with Crippen molar-refractivity contribution in [1.29, 1.82) is 0 Å². The number of fused-ring (bicyclic) bond motifs is 1. The van der Waals surface area contributed by atoms with Gasteiger partial charge in [0, 0.05) is 6.54 Å². The number of likely N-dealkylation sites (tertiary alicyclic amines) is 1. The highest BCUT2D eigenvalue weighted by Crippen LogP contribution is 2.30. The number of rotatable bonds is 2. The van der Waals surface area contributed by atoms with Gasteiger partial charge in [0.05, 0.1) is 22.2 Å². The van der Waals surface area contributed by atoms with Crippen molar-refractivity contribution in [2.24, 2.45) is 0 Å². The fraction of sp³-hybridized carbons (Fsp3) is 0.500. The second kappa shape index (κ2) is 5.02. The van der Waals surface area contributed by atoms with Gasteiger partial charge in [-0.3, -0.25) is 9.47 Å². The molecule has 0 amide bonds. The average Bonchev–Trinajstić information content (AvgIpc) is 2.76. The van der Waals surface area contributed by atoms with E-state index in [0.29, 0.717) is 5.02 Å². The summed E-state index contributed by atoms with van der Waals surface area (Å²) in [6.45, 7) is 4.14. The van der Waals surface area contributed by atoms with Gasteiger partial charge < -0.3 is 4.98 Å². The molecule has 0 radical (unpaired) electrons. The summed E-state index contributed by atoms with van der Waals surface area (Å²) in [6.07, 6.45) is 3.49. The molecular formula is C14H18ClN3O. The van der Waals surface area contributed by atoms with Crippen LogP contribution in [-0.4, -0.2) is 27.5 Å². The molecule has 1 atom stereocenters. The summed E-state index contributed by atoms with van der Waals surface area (Å²) in [4.78, 5) is 17.5. The smallest absolute Gasteiger partial charge is 0.305 e. The number of halogens is 1. The van der Waals surface area contributed by atoms with Crippen molar-refractivity contribution in [3.8, 4) is 0 Å². The maximum Gasteiger partial charge on any atom is 0.327 e. The number of nitrogens with zero attached hydrogens (tertiary/aromatic N) is 2. The van der Waals surface area contributed by atoms with Gasteiger partial charge >= 0.3 is 5.69 Å². The average molecular weight is 280 g/mol. The topological polar surface area (TPSA) is 41.0 Å². The second-order valence-electron chi connectivity index (χ2n) is 5.04. The van der Waals surface area contributed by atoms with Crippen LogP contribution in [0.3, 0.4) is 0 Å². The number of nitrogens with one attached hydrogen (secondary N) is 1. The van der Waals surface area contributed by atoms with Gasteiger partial charge in [0.2, 0.25) is 0 Å². The Morgan fingerprint density at radius 1 is 1.42 bits per heavy atom. The lowest BCUT2D eigenvalue weighted by atomic mass is 10.1. The summed E-state index contributed by atoms with van der Waals surface area (Å²) in [5.41, 5.74) is 1.59. The molecule has 0 saturated carbocycles. The van der Waals surface area contributed by atoms with Crippen molar-refractivity contribution in [3.05, 3.63) is 33.7 Å². The molecule has 1 unspecified atom stereocenters. The Labute approximate surface area is 117 Å². The molecule has 0 aliphatic carbocycles. The number of hydrogen-bond acceptors (Lipinski definition) is 2. The number of piperidine rings is 1. The lowest BCUT2D eigenvalue weighted by Gasteiger charge is -2.35. The molecule has 1 aliphatic heterocycles. The van der Waals surface area contributed by atoms with Gasteiger partial charge in [-0.15, -0.1) is 0 Å². The number of aromatic amines is 1. The molecule has 1 saturated heterocycles. The van der Waals surface area contributed by atoms with Crippen LogP contribution in [0, 0.1) is 0 Å². The third-order valence-electron chi connectivity index (χ3n) is 3.97. The van der Waals surface area contributed by atoms with Crippen LogP contribution < -0.4 is 5.69 Å². The zero-order valence-electron chi connectivity index (χ0n) is 11.0. The standard InChI is InChI=1S/C14H18ClN3O/c1-2-17-9-4-3-8-12(17)18-13-10(15)6-5-7-11(13)16-14(18)19/h5-7,12H,2-4,8-9H2,1H3,(H,16,19). The van der Waals surface area contributed by atoms with Crippen LogP contribution in [0.1, 0.15) is 32.4 Å². The highest BCUT2D eigenvalue weighted by Gasteiger charge is 2.26. The first-order valence-electron chi connectivity index (χ1n) is 6.85. The molecule has 19 heavy (non-hydrogen) atoms. The number of para-hydroxylation sites is 1. The Balaban J connectivity index is 2.18. The number of imidazole rings is 1. The van der Waals surface area contributed by atoms with Crippen molar-refractivity contribution in [3.63, 3.8) is 0 Å². The molecule has 5 heteroatoms. The van der Waals surface area contributed by atoms with Crippen LogP contribution in [0.25, 0.3) is 11.0 Å². The van der Waals surface area contributed by atoms with Crippen LogP contribution in [-0.2, 0) is 0 Å². The quantitative estimate of drug-likeness (QED) is 0.918. The van der Waals surface area contributed by atoms with Crippen LogP contribution in [0.15, 0.2) is 23.0 Å². The predicted molar refractivity (Wildman–Crippen MR) is 77.7 cm³/mol. The van der Waals surface area contributed by atoms with Crippen molar-refractivity contribution in [2.45, 2.75) is 32.4 Å². The van der Waals surface area contributed by atoms with E-state index in [-0.39, 0.29) is 11.9 Å². The SMILES string of the molecule is CCN1CCCCC1n1c(=O)[nH]c2cccc(Cl)c21. The molecule has 3 rings (SSSR count). The first-order chi connectivity index (χ1) is 9.22. The van der Waals surface area contributed by atoms with Crippen LogP contribution in [0.5, 0.6) is 0 Å². The zero-order valence-corrected chi connectivity index (χ0v) is 11.8. The Bertz CT molecular complexity index is 646. The number of aromatic nitrogens is 2. The molecule has 1 N–H and O–H groups in total. The van der Waals surface area contributed by atoms with Crippen LogP contribution in [0.4, 0.5) is 0 Å². The third kappa shape index (κ3) is 2.09. The van der Waals surface area contributed by atoms with E-state index in [9.17, 15) is 4.79 Å². The maximum atomic E-state index is 12.3. The second-order valence-corrected chi connectivity index (χ2v) is 5.45. The van der Waals surface area contributed by atoms with Gasteiger partial charge in [0.1, 0.15) is 0 Å². The molecule has 4 nitrogen and oxygen atoms in total. The van der Waals surface area contributed by atoms with E-state index in [1.807, 2.05) is 22.8 Å². The van der Waals surface area contributed by atoms with E-state index >= 15 is 0 Å². The van der Waals surface area contributed by atoms with Gasteiger partial charge in [-0.2, -0.15) is 0 Å². The van der Waals surface area contributed by atoms with Gasteiger partial charge in [0.15, 0.2) is 0 Å². The number of benzene rings is 1. The van der Waals surface area contributed by atoms with E-state index in [4.69, 9.17) is 11.6 Å². The Hall–Kier alpha value is -1.26. The first kappa shape index (κ1) is 12.8. The van der Waals surface area contributed by atoms with E-state index in [1.165, 1.54) is 6.42 Å². The third-order valence-corrected chi connectivity index (χ3v) is 4.28. The van der Waals surface area contributed by atoms with Gasteiger partial charge in [0.25, 0.3) is 0 Å². The molecule has 1 aliphatic rings. The molecule has 1 fully saturated rings. The molecule has 2 heterocycles. The fourth-order valence-corrected chi connectivity index (χ4v) is 3.32. The lowest BCUT2D eigenvalue weighted by molar-refractivity contribution is 0.103. The van der Waals surface area contributed by atoms with Crippen molar-refractivity contribution < 1.29 is 0 Å². The molecule has 0 bridgehead atoms. The van der Waals surface area contributed by atoms with Crippen molar-refractivity contribution >= 4 is 22.6 Å². The molecule has 1 aromatic carbocycles. The summed E-state index contributed by atoms with van der Waals surface area (Å²) in [5, 5.41) is 0.637. The van der Waals surface area contributed by atoms with Gasteiger partial charge in [-0.25, -0.2) is 4.79 Å². The summed E-state index contributed by atoms with van der Waals surface area (Å²) in [7, 11) is 0. The minimum Gasteiger partial charge on any atom is -0.305 e. The number of hydrogen-bond donors (Lipinski definition) is 1. The zero-order chi connectivity index (χ0) is 13.4. The summed E-state index contributed by atoms with van der Waals surface area (Å²) in [5.74, 6) is 0. The van der Waals surface area contributed by atoms with Crippen molar-refractivity contribution in [1.82, 2.24) is 14.5 Å². The molecule has 1 aromatic heterocycles. The van der Waals surface area contributed by atoms with E-state index in [2.05, 4.69) is 16.8 Å². The van der Waals surface area contributed by atoms with Crippen molar-refractivity contribution in [2.75, 3.05) is 13.1 Å². The lowest BCUT2D eigenvalue weighted by Crippen LogP contribution is -2.40. The van der Waals surface area contributed by atoms with Gasteiger partial charge in [-0.05, 0) is 37.9 Å². The maximum absolute atomic E-state index is 12.3. The number of H-pyrrole nitrogens is 1. The van der Waals surface area contributed by atoms with E-state index in [1.54, 1.807) is 0 Å². The predicted octanol–water partition coefficient (Wildman–Crippen LogP) is 2.99.